The van der Waals surface area contributed by atoms with Crippen LogP contribution in [0.3, 0.4) is 0 Å². The minimum absolute atomic E-state index is 0. The minimum atomic E-state index is -4.49. The number of pyridine rings is 2. The molecule has 1 fully saturated rings. The molecule has 1 aromatic carbocycles. The maximum absolute atomic E-state index is 14.3. The number of rotatable bonds is 6. The predicted molar refractivity (Wildman–Crippen MR) is 148 cm³/mol. The van der Waals surface area contributed by atoms with E-state index in [1.165, 1.54) is 27.6 Å². The Bertz CT molecular complexity index is 1460. The van der Waals surface area contributed by atoms with Gasteiger partial charge in [0.05, 0.1) is 5.60 Å². The molecule has 0 amide bonds. The Hall–Kier alpha value is -2.70. The van der Waals surface area contributed by atoms with Crippen LogP contribution in [0.5, 0.6) is 5.75 Å². The quantitative estimate of drug-likeness (QED) is 0.329. The van der Waals surface area contributed by atoms with Crippen molar-refractivity contribution in [2.45, 2.75) is 50.6 Å². The molecule has 0 radical (unpaired) electrons. The Morgan fingerprint density at radius 1 is 1.10 bits per heavy atom. The second-order valence-electron chi connectivity index (χ2n) is 10.7. The topological polar surface area (TPSA) is 102 Å². The van der Waals surface area contributed by atoms with Crippen molar-refractivity contribution in [1.82, 2.24) is 24.5 Å². The summed E-state index contributed by atoms with van der Waals surface area (Å²) >= 11 is 0. The van der Waals surface area contributed by atoms with Gasteiger partial charge in [0.25, 0.3) is 0 Å². The summed E-state index contributed by atoms with van der Waals surface area (Å²) in [7, 11) is 0. The van der Waals surface area contributed by atoms with Crippen molar-refractivity contribution in [2.24, 2.45) is 5.73 Å². The van der Waals surface area contributed by atoms with Gasteiger partial charge in [-0.15, -0.1) is 35.0 Å². The molecule has 8 nitrogen and oxygen atoms in total. The van der Waals surface area contributed by atoms with E-state index in [9.17, 15) is 18.3 Å². The zero-order valence-corrected chi connectivity index (χ0v) is 23.3. The van der Waals surface area contributed by atoms with Crippen molar-refractivity contribution in [2.75, 3.05) is 19.7 Å². The molecule has 13 heteroatoms. The number of aromatic nitrogens is 4. The summed E-state index contributed by atoms with van der Waals surface area (Å²) in [5.41, 5.74) is 5.88. The molecular formula is C26H31Cl2F3N6O2. The van der Waals surface area contributed by atoms with Crippen LogP contribution in [0.2, 0.25) is 0 Å². The van der Waals surface area contributed by atoms with Crippen LogP contribution >= 0.6 is 24.8 Å². The first kappa shape index (κ1) is 30.8. The average Bonchev–Trinajstić information content (AvgIpc) is 3.38. The van der Waals surface area contributed by atoms with Gasteiger partial charge in [-0.05, 0) is 51.0 Å². The maximum atomic E-state index is 14.3. The van der Waals surface area contributed by atoms with Crippen molar-refractivity contribution in [1.29, 1.82) is 0 Å². The van der Waals surface area contributed by atoms with Crippen LogP contribution < -0.4 is 10.5 Å². The number of nitrogens with two attached hydrogens (primary N) is 1. The van der Waals surface area contributed by atoms with Gasteiger partial charge in [-0.3, -0.25) is 9.30 Å². The minimum Gasteiger partial charge on any atom is -0.488 e. The Morgan fingerprint density at radius 2 is 1.85 bits per heavy atom. The van der Waals surface area contributed by atoms with Crippen LogP contribution in [-0.4, -0.2) is 66.6 Å². The van der Waals surface area contributed by atoms with Crippen molar-refractivity contribution >= 4 is 41.4 Å². The highest BCUT2D eigenvalue weighted by Crippen LogP contribution is 2.41. The molecule has 4 heterocycles. The summed E-state index contributed by atoms with van der Waals surface area (Å²) in [6.07, 6.45) is -2.58. The largest absolute Gasteiger partial charge is 0.488 e. The van der Waals surface area contributed by atoms with Crippen molar-refractivity contribution in [3.05, 3.63) is 54.2 Å². The predicted octanol–water partition coefficient (Wildman–Crippen LogP) is 4.96. The smallest absolute Gasteiger partial charge is 0.408 e. The Morgan fingerprint density at radius 3 is 2.49 bits per heavy atom. The summed E-state index contributed by atoms with van der Waals surface area (Å²) in [5, 5.41) is 19.2. The van der Waals surface area contributed by atoms with E-state index in [0.29, 0.717) is 34.9 Å². The number of hydrogen-bond donors (Lipinski definition) is 2. The summed E-state index contributed by atoms with van der Waals surface area (Å²) in [4.78, 5) is 6.09. The first-order valence-electron chi connectivity index (χ1n) is 12.0. The fourth-order valence-corrected chi connectivity index (χ4v) is 4.71. The number of fused-ring (bicyclic) bond motifs is 2. The SMILES string of the molecule is CC(C)(O)COc1cccc2ccc(-c3nnc4ccc([C@@H](N5CCC(C)(N)C5)C(F)(F)F)cn34)nc12.Cl.Cl. The van der Waals surface area contributed by atoms with E-state index < -0.39 is 23.4 Å². The Labute approximate surface area is 236 Å². The molecule has 39 heavy (non-hydrogen) atoms. The van der Waals surface area contributed by atoms with Gasteiger partial charge in [-0.25, -0.2) is 4.98 Å². The summed E-state index contributed by atoms with van der Waals surface area (Å²) < 4.78 is 50.1. The molecule has 0 bridgehead atoms. The van der Waals surface area contributed by atoms with Crippen molar-refractivity contribution in [3.8, 4) is 17.3 Å². The lowest BCUT2D eigenvalue weighted by molar-refractivity contribution is -0.184. The van der Waals surface area contributed by atoms with Crippen molar-refractivity contribution in [3.63, 3.8) is 0 Å². The van der Waals surface area contributed by atoms with Gasteiger partial charge in [0.2, 0.25) is 0 Å². The second-order valence-corrected chi connectivity index (χ2v) is 10.7. The lowest BCUT2D eigenvalue weighted by Gasteiger charge is -2.31. The number of para-hydroxylation sites is 1. The lowest BCUT2D eigenvalue weighted by Crippen LogP contribution is -2.43. The van der Waals surface area contributed by atoms with Gasteiger partial charge in [-0.1, -0.05) is 24.3 Å². The molecule has 3 N–H and O–H groups in total. The van der Waals surface area contributed by atoms with Gasteiger partial charge in [0, 0.05) is 30.2 Å². The van der Waals surface area contributed by atoms with E-state index in [4.69, 9.17) is 15.5 Å². The second kappa shape index (κ2) is 11.1. The third-order valence-corrected chi connectivity index (χ3v) is 6.44. The number of nitrogens with zero attached hydrogens (tertiary/aromatic N) is 5. The number of ether oxygens (including phenoxy) is 1. The number of halogens is 5. The summed E-state index contributed by atoms with van der Waals surface area (Å²) in [6, 6.07) is 10.2. The molecule has 1 aliphatic heterocycles. The van der Waals surface area contributed by atoms with Gasteiger partial charge >= 0.3 is 6.18 Å². The molecule has 1 saturated heterocycles. The maximum Gasteiger partial charge on any atom is 0.408 e. The Kier molecular flexibility index (Phi) is 8.74. The Balaban J connectivity index is 0.00000210. The lowest BCUT2D eigenvalue weighted by atomic mass is 10.0. The third-order valence-electron chi connectivity index (χ3n) is 6.44. The highest BCUT2D eigenvalue weighted by molar-refractivity contribution is 5.86. The van der Waals surface area contributed by atoms with Crippen LogP contribution in [0, 0.1) is 0 Å². The van der Waals surface area contributed by atoms with E-state index >= 15 is 0 Å². The van der Waals surface area contributed by atoms with Gasteiger partial charge in [0.1, 0.15) is 29.6 Å². The van der Waals surface area contributed by atoms with E-state index in [0.717, 1.165) is 5.39 Å². The first-order chi connectivity index (χ1) is 17.3. The molecule has 212 valence electrons. The standard InChI is InChI=1S/C26H29F3N6O2.2ClH/c1-24(2,36)15-37-19-6-4-5-16-7-9-18(31-21(16)19)23-33-32-20-10-8-17(13-35(20)23)22(26(27,28)29)34-12-11-25(3,30)14-34;;/h4-10,13,22,36H,11-12,14-15,30H2,1-3H3;2*1H/t22-,25?;;/m1../s1. The number of aliphatic hydroxyl groups is 1. The molecule has 0 spiro atoms. The number of benzene rings is 1. The fourth-order valence-electron chi connectivity index (χ4n) is 4.71. The molecular weight excluding hydrogens is 556 g/mol. The number of alkyl halides is 3. The van der Waals surface area contributed by atoms with E-state index in [2.05, 4.69) is 10.2 Å². The van der Waals surface area contributed by atoms with E-state index in [1.54, 1.807) is 32.9 Å². The van der Waals surface area contributed by atoms with Crippen molar-refractivity contribution < 1.29 is 23.0 Å². The molecule has 2 atom stereocenters. The third kappa shape index (κ3) is 6.55. The van der Waals surface area contributed by atoms with Gasteiger partial charge in [-0.2, -0.15) is 13.2 Å². The van der Waals surface area contributed by atoms with Crippen LogP contribution in [0.4, 0.5) is 13.2 Å². The molecule has 0 aliphatic carbocycles. The van der Waals surface area contributed by atoms with Gasteiger partial charge < -0.3 is 15.6 Å². The van der Waals surface area contributed by atoms with Crippen LogP contribution in [-0.2, 0) is 0 Å². The zero-order valence-electron chi connectivity index (χ0n) is 21.6. The van der Waals surface area contributed by atoms with E-state index in [1.807, 2.05) is 18.2 Å². The molecule has 0 saturated carbocycles. The van der Waals surface area contributed by atoms with Crippen LogP contribution in [0.15, 0.2) is 48.7 Å². The number of likely N-dealkylation sites (tertiary alicyclic amines) is 1. The van der Waals surface area contributed by atoms with E-state index in [-0.39, 0.29) is 50.1 Å². The average molecular weight is 587 g/mol. The number of hydrogen-bond acceptors (Lipinski definition) is 7. The monoisotopic (exact) mass is 586 g/mol. The first-order valence-corrected chi connectivity index (χ1v) is 12.0. The van der Waals surface area contributed by atoms with Crippen LogP contribution in [0.1, 0.15) is 38.8 Å². The normalized spacial score (nSPS) is 19.1. The highest BCUT2D eigenvalue weighted by atomic mass is 35.5. The summed E-state index contributed by atoms with van der Waals surface area (Å²) in [5.74, 6) is 0.786. The fraction of sp³-hybridized carbons (Fsp3) is 0.423. The molecule has 1 aliphatic rings. The summed E-state index contributed by atoms with van der Waals surface area (Å²) in [6.45, 7) is 5.51. The highest BCUT2D eigenvalue weighted by Gasteiger charge is 2.48. The zero-order chi connectivity index (χ0) is 26.6. The molecule has 1 unspecified atom stereocenters. The molecule has 5 rings (SSSR count). The van der Waals surface area contributed by atoms with Crippen LogP contribution in [0.25, 0.3) is 28.1 Å². The molecule has 4 aromatic rings. The molecule has 3 aromatic heterocycles. The van der Waals surface area contributed by atoms with Gasteiger partial charge in [0.15, 0.2) is 11.5 Å².